The third-order valence-corrected chi connectivity index (χ3v) is 7.06. The van der Waals surface area contributed by atoms with Gasteiger partial charge in [-0.3, -0.25) is 9.36 Å². The highest BCUT2D eigenvalue weighted by Crippen LogP contribution is 2.30. The van der Waals surface area contributed by atoms with Crippen LogP contribution in [0.25, 0.3) is 6.08 Å². The Morgan fingerprint density at radius 3 is 2.46 bits per heavy atom. The Morgan fingerprint density at radius 2 is 1.76 bits per heavy atom. The number of ether oxygens (including phenoxy) is 2. The van der Waals surface area contributed by atoms with Crippen molar-refractivity contribution in [1.82, 2.24) is 4.57 Å². The number of rotatable bonds is 6. The van der Waals surface area contributed by atoms with E-state index in [1.54, 1.807) is 47.9 Å². The van der Waals surface area contributed by atoms with Crippen molar-refractivity contribution < 1.29 is 18.7 Å². The molecule has 0 amide bonds. The molecule has 0 fully saturated rings. The Hall–Kier alpha value is -4.30. The third kappa shape index (κ3) is 4.88. The van der Waals surface area contributed by atoms with Gasteiger partial charge in [0.25, 0.3) is 5.56 Å². The van der Waals surface area contributed by atoms with Crippen molar-refractivity contribution in [2.45, 2.75) is 19.6 Å². The Bertz CT molecular complexity index is 1670. The molecule has 1 atom stereocenters. The van der Waals surface area contributed by atoms with E-state index in [1.165, 1.54) is 24.5 Å². The van der Waals surface area contributed by atoms with Crippen LogP contribution in [-0.4, -0.2) is 17.6 Å². The molecule has 0 aliphatic carbocycles. The lowest BCUT2D eigenvalue weighted by atomic mass is 9.96. The molecule has 8 heteroatoms. The van der Waals surface area contributed by atoms with E-state index >= 15 is 0 Å². The van der Waals surface area contributed by atoms with Crippen LogP contribution in [0.3, 0.4) is 0 Å². The number of thiazole rings is 1. The van der Waals surface area contributed by atoms with Gasteiger partial charge in [0.05, 0.1) is 29.0 Å². The van der Waals surface area contributed by atoms with E-state index in [-0.39, 0.29) is 18.0 Å². The van der Waals surface area contributed by atoms with Crippen LogP contribution in [0.5, 0.6) is 5.75 Å². The second-order valence-corrected chi connectivity index (χ2v) is 9.44. The average molecular weight is 515 g/mol. The molecule has 1 aliphatic rings. The normalized spacial score (nSPS) is 15.2. The molecule has 1 aliphatic heterocycles. The van der Waals surface area contributed by atoms with Gasteiger partial charge >= 0.3 is 5.97 Å². The quantitative estimate of drug-likeness (QED) is 0.363. The zero-order valence-electron chi connectivity index (χ0n) is 20.2. The summed E-state index contributed by atoms with van der Waals surface area (Å²) in [5.74, 6) is -0.242. The Kier molecular flexibility index (Phi) is 6.83. The molecule has 0 saturated heterocycles. The molecule has 1 aromatic heterocycles. The standard InChI is InChI=1S/C29H23FN2O4S/c1-18-25(28(34)35-2)26(20-8-4-3-5-9-20)32-27(33)24(37-29(32)31-18)16-19-12-14-22(15-13-19)36-17-21-10-6-7-11-23(21)30/h3-16,26H,17H2,1-2H3/b24-16+. The first kappa shape index (κ1) is 24.4. The van der Waals surface area contributed by atoms with Crippen LogP contribution in [0.2, 0.25) is 0 Å². The average Bonchev–Trinajstić information content (AvgIpc) is 3.22. The topological polar surface area (TPSA) is 69.9 Å². The summed E-state index contributed by atoms with van der Waals surface area (Å²) in [6, 6.07) is 22.4. The van der Waals surface area contributed by atoms with Gasteiger partial charge in [-0.25, -0.2) is 14.2 Å². The molecule has 0 saturated carbocycles. The molecule has 0 N–H and O–H groups in total. The van der Waals surface area contributed by atoms with E-state index in [0.717, 1.165) is 11.1 Å². The molecule has 37 heavy (non-hydrogen) atoms. The zero-order valence-corrected chi connectivity index (χ0v) is 21.0. The number of aromatic nitrogens is 1. The fraction of sp³-hybridized carbons (Fsp3) is 0.138. The summed E-state index contributed by atoms with van der Waals surface area (Å²) in [6.07, 6.45) is 1.78. The fourth-order valence-electron chi connectivity index (χ4n) is 4.23. The van der Waals surface area contributed by atoms with Crippen LogP contribution in [0.4, 0.5) is 4.39 Å². The molecule has 3 aromatic carbocycles. The lowest BCUT2D eigenvalue weighted by molar-refractivity contribution is -0.136. The lowest BCUT2D eigenvalue weighted by Gasteiger charge is -2.24. The second kappa shape index (κ2) is 10.4. The number of benzene rings is 3. The lowest BCUT2D eigenvalue weighted by Crippen LogP contribution is -2.39. The van der Waals surface area contributed by atoms with E-state index < -0.39 is 12.0 Å². The van der Waals surface area contributed by atoms with Crippen molar-refractivity contribution in [1.29, 1.82) is 0 Å². The van der Waals surface area contributed by atoms with Crippen molar-refractivity contribution in [3.05, 3.63) is 132 Å². The second-order valence-electron chi connectivity index (χ2n) is 8.43. The maximum Gasteiger partial charge on any atom is 0.338 e. The molecule has 0 spiro atoms. The summed E-state index contributed by atoms with van der Waals surface area (Å²) < 4.78 is 26.6. The Morgan fingerprint density at radius 1 is 1.05 bits per heavy atom. The van der Waals surface area contributed by atoms with Gasteiger partial charge in [-0.1, -0.05) is 72.0 Å². The van der Waals surface area contributed by atoms with Crippen LogP contribution in [-0.2, 0) is 16.1 Å². The number of nitrogens with zero attached hydrogens (tertiary/aromatic N) is 2. The fourth-order valence-corrected chi connectivity index (χ4v) is 5.28. The van der Waals surface area contributed by atoms with Crippen LogP contribution in [0.1, 0.15) is 29.7 Å². The number of halogens is 1. The number of allylic oxidation sites excluding steroid dienone is 1. The predicted octanol–water partition coefficient (Wildman–Crippen LogP) is 4.13. The maximum absolute atomic E-state index is 13.8. The molecular weight excluding hydrogens is 491 g/mol. The zero-order chi connectivity index (χ0) is 25.9. The van der Waals surface area contributed by atoms with E-state index in [1.807, 2.05) is 42.5 Å². The summed E-state index contributed by atoms with van der Waals surface area (Å²) in [5.41, 5.74) is 2.67. The highest BCUT2D eigenvalue weighted by molar-refractivity contribution is 7.07. The molecule has 186 valence electrons. The van der Waals surface area contributed by atoms with E-state index in [4.69, 9.17) is 9.47 Å². The number of hydrogen-bond donors (Lipinski definition) is 0. The minimum Gasteiger partial charge on any atom is -0.489 e. The van der Waals surface area contributed by atoms with Crippen molar-refractivity contribution in [2.75, 3.05) is 7.11 Å². The SMILES string of the molecule is COC(=O)C1=C(C)N=c2s/c(=C/c3ccc(OCc4ccccc4F)cc3)c(=O)n2C1c1ccccc1. The molecule has 0 radical (unpaired) electrons. The number of methoxy groups -OCH3 is 1. The first-order valence-corrected chi connectivity index (χ1v) is 12.4. The van der Waals surface area contributed by atoms with Crippen LogP contribution in [0, 0.1) is 5.82 Å². The van der Waals surface area contributed by atoms with E-state index in [9.17, 15) is 14.0 Å². The summed E-state index contributed by atoms with van der Waals surface area (Å²) in [4.78, 5) is 31.3. The first-order valence-electron chi connectivity index (χ1n) is 11.6. The Balaban J connectivity index is 1.49. The molecule has 1 unspecified atom stereocenters. The number of carbonyl (C=O) groups is 1. The van der Waals surface area contributed by atoms with Crippen molar-refractivity contribution in [3.63, 3.8) is 0 Å². The largest absolute Gasteiger partial charge is 0.489 e. The van der Waals surface area contributed by atoms with Crippen molar-refractivity contribution >= 4 is 23.4 Å². The smallest absolute Gasteiger partial charge is 0.338 e. The molecule has 5 rings (SSSR count). The van der Waals surface area contributed by atoms with E-state index in [2.05, 4.69) is 4.99 Å². The summed E-state index contributed by atoms with van der Waals surface area (Å²) in [6.45, 7) is 1.87. The molecule has 2 heterocycles. The van der Waals surface area contributed by atoms with Crippen LogP contribution in [0.15, 0.2) is 99.9 Å². The van der Waals surface area contributed by atoms with Gasteiger partial charge in [-0.05, 0) is 42.3 Å². The highest BCUT2D eigenvalue weighted by atomic mass is 32.1. The molecule has 0 bridgehead atoms. The summed E-state index contributed by atoms with van der Waals surface area (Å²) >= 11 is 1.26. The molecular formula is C29H23FN2O4S. The van der Waals surface area contributed by atoms with Crippen molar-refractivity contribution in [3.8, 4) is 5.75 Å². The Labute approximate surface area is 216 Å². The van der Waals surface area contributed by atoms with Gasteiger partial charge in [0.15, 0.2) is 4.80 Å². The number of hydrogen-bond acceptors (Lipinski definition) is 6. The number of fused-ring (bicyclic) bond motifs is 1. The van der Waals surface area contributed by atoms with Gasteiger partial charge < -0.3 is 9.47 Å². The molecule has 4 aromatic rings. The van der Waals surface area contributed by atoms with Crippen LogP contribution < -0.4 is 19.6 Å². The van der Waals surface area contributed by atoms with Gasteiger partial charge in [0, 0.05) is 5.56 Å². The van der Waals surface area contributed by atoms with Crippen molar-refractivity contribution in [2.24, 2.45) is 4.99 Å². The summed E-state index contributed by atoms with van der Waals surface area (Å²) in [7, 11) is 1.32. The third-order valence-electron chi connectivity index (χ3n) is 6.07. The van der Waals surface area contributed by atoms with Crippen LogP contribution >= 0.6 is 11.3 Å². The van der Waals surface area contributed by atoms with Gasteiger partial charge in [0.1, 0.15) is 18.2 Å². The minimum atomic E-state index is -0.638. The van der Waals surface area contributed by atoms with E-state index in [0.29, 0.717) is 31.9 Å². The number of esters is 1. The van der Waals surface area contributed by atoms with Gasteiger partial charge in [-0.2, -0.15) is 0 Å². The summed E-state index contributed by atoms with van der Waals surface area (Å²) in [5, 5.41) is 0. The molecule has 6 nitrogen and oxygen atoms in total. The maximum atomic E-state index is 13.8. The minimum absolute atomic E-state index is 0.117. The predicted molar refractivity (Wildman–Crippen MR) is 139 cm³/mol. The van der Waals surface area contributed by atoms with Gasteiger partial charge in [0.2, 0.25) is 0 Å². The number of carbonyl (C=O) groups excluding carboxylic acids is 1. The first-order chi connectivity index (χ1) is 18.0. The highest BCUT2D eigenvalue weighted by Gasteiger charge is 2.32. The monoisotopic (exact) mass is 514 g/mol. The van der Waals surface area contributed by atoms with Gasteiger partial charge in [-0.15, -0.1) is 0 Å².